The van der Waals surface area contributed by atoms with Crippen molar-refractivity contribution in [3.8, 4) is 0 Å². The summed E-state index contributed by atoms with van der Waals surface area (Å²) in [6.45, 7) is 2.57. The number of thioether (sulfide) groups is 1. The van der Waals surface area contributed by atoms with Crippen molar-refractivity contribution in [1.29, 1.82) is 0 Å². The van der Waals surface area contributed by atoms with Crippen LogP contribution < -0.4 is 11.4 Å². The molecule has 0 aliphatic carbocycles. The third-order valence-electron chi connectivity index (χ3n) is 1.65. The highest BCUT2D eigenvalue weighted by Crippen LogP contribution is 2.12. The van der Waals surface area contributed by atoms with Crippen molar-refractivity contribution in [2.24, 2.45) is 10.9 Å². The van der Waals surface area contributed by atoms with E-state index in [-0.39, 0.29) is 11.5 Å². The summed E-state index contributed by atoms with van der Waals surface area (Å²) in [6, 6.07) is 0. The van der Waals surface area contributed by atoms with Crippen LogP contribution >= 0.6 is 11.8 Å². The number of nitrogens with one attached hydrogen (secondary N) is 1. The van der Waals surface area contributed by atoms with Gasteiger partial charge in [0.05, 0.1) is 5.75 Å². The van der Waals surface area contributed by atoms with Crippen LogP contribution in [0.15, 0.2) is 15.1 Å². The fourth-order valence-corrected chi connectivity index (χ4v) is 1.78. The summed E-state index contributed by atoms with van der Waals surface area (Å²) in [6.07, 6.45) is 0.844. The minimum absolute atomic E-state index is 0.0958. The molecule has 0 aliphatic heterocycles. The quantitative estimate of drug-likeness (QED) is 0.214. The van der Waals surface area contributed by atoms with Crippen LogP contribution in [-0.4, -0.2) is 31.6 Å². The average molecular weight is 231 g/mol. The number of amidine groups is 1. The van der Waals surface area contributed by atoms with Crippen LogP contribution in [0.3, 0.4) is 0 Å². The molecule has 0 amide bonds. The molecule has 1 heterocycles. The number of nitrogens with two attached hydrogens (primary N) is 1. The van der Waals surface area contributed by atoms with Gasteiger partial charge in [-0.1, -0.05) is 23.8 Å². The van der Waals surface area contributed by atoms with Crippen LogP contribution in [0.4, 0.5) is 0 Å². The monoisotopic (exact) mass is 231 g/mol. The van der Waals surface area contributed by atoms with Crippen molar-refractivity contribution in [2.75, 3.05) is 5.75 Å². The topological polar surface area (TPSA) is 109 Å². The van der Waals surface area contributed by atoms with Gasteiger partial charge in [0.25, 0.3) is 0 Å². The molecule has 0 fully saturated rings. The van der Waals surface area contributed by atoms with E-state index < -0.39 is 0 Å². The molecule has 0 atom stereocenters. The molecule has 15 heavy (non-hydrogen) atoms. The van der Waals surface area contributed by atoms with Gasteiger partial charge in [0.2, 0.25) is 0 Å². The van der Waals surface area contributed by atoms with Crippen LogP contribution in [0.25, 0.3) is 0 Å². The number of oxime groups is 1. The number of hydrogen-bond acceptors (Lipinski definition) is 5. The summed E-state index contributed by atoms with van der Waals surface area (Å²) < 4.78 is 1.52. The van der Waals surface area contributed by atoms with Gasteiger partial charge in [-0.3, -0.25) is 4.57 Å². The highest BCUT2D eigenvalue weighted by molar-refractivity contribution is 7.99. The molecular formula is C7H13N5O2S. The van der Waals surface area contributed by atoms with Gasteiger partial charge in [0.15, 0.2) is 5.16 Å². The molecule has 8 heteroatoms. The van der Waals surface area contributed by atoms with Gasteiger partial charge in [-0.2, -0.15) is 0 Å². The van der Waals surface area contributed by atoms with Crippen LogP contribution in [0.2, 0.25) is 0 Å². The predicted octanol–water partition coefficient (Wildman–Crippen LogP) is -0.180. The molecule has 1 aromatic rings. The average Bonchev–Trinajstić information content (AvgIpc) is 2.58. The highest BCUT2D eigenvalue weighted by atomic mass is 32.2. The zero-order valence-electron chi connectivity index (χ0n) is 8.30. The van der Waals surface area contributed by atoms with E-state index in [9.17, 15) is 4.79 Å². The van der Waals surface area contributed by atoms with E-state index in [1.807, 2.05) is 6.92 Å². The zero-order valence-corrected chi connectivity index (χ0v) is 9.12. The number of aromatic nitrogens is 3. The smallest absolute Gasteiger partial charge is 0.343 e. The summed E-state index contributed by atoms with van der Waals surface area (Å²) in [4.78, 5) is 11.3. The normalized spacial score (nSPS) is 11.9. The molecule has 84 valence electrons. The molecular weight excluding hydrogens is 218 g/mol. The van der Waals surface area contributed by atoms with E-state index in [0.29, 0.717) is 17.5 Å². The molecule has 0 spiro atoms. The van der Waals surface area contributed by atoms with Crippen LogP contribution in [0.5, 0.6) is 0 Å². The summed E-state index contributed by atoms with van der Waals surface area (Å²) in [5.41, 5.74) is 5.07. The van der Waals surface area contributed by atoms with Crippen molar-refractivity contribution in [3.05, 3.63) is 10.5 Å². The summed E-state index contributed by atoms with van der Waals surface area (Å²) in [5.74, 6) is 0.392. The maximum absolute atomic E-state index is 11.3. The Morgan fingerprint density at radius 1 is 1.80 bits per heavy atom. The lowest BCUT2D eigenvalue weighted by molar-refractivity contribution is 0.318. The Morgan fingerprint density at radius 2 is 2.53 bits per heavy atom. The van der Waals surface area contributed by atoms with E-state index in [1.165, 1.54) is 16.3 Å². The van der Waals surface area contributed by atoms with Crippen LogP contribution in [-0.2, 0) is 6.54 Å². The number of nitrogens with zero attached hydrogens (tertiary/aromatic N) is 3. The van der Waals surface area contributed by atoms with Crippen molar-refractivity contribution in [1.82, 2.24) is 14.8 Å². The molecule has 0 radical (unpaired) electrons. The second-order valence-corrected chi connectivity index (χ2v) is 3.79. The Kier molecular flexibility index (Phi) is 4.22. The van der Waals surface area contributed by atoms with E-state index in [0.717, 1.165) is 6.42 Å². The first-order valence-corrected chi connectivity index (χ1v) is 5.42. The van der Waals surface area contributed by atoms with Crippen molar-refractivity contribution in [3.63, 3.8) is 0 Å². The van der Waals surface area contributed by atoms with Gasteiger partial charge in [0, 0.05) is 6.54 Å². The highest BCUT2D eigenvalue weighted by Gasteiger charge is 2.08. The molecule has 0 saturated carbocycles. The number of aromatic amines is 1. The van der Waals surface area contributed by atoms with Crippen molar-refractivity contribution in [2.45, 2.75) is 25.0 Å². The Labute approximate surface area is 90.4 Å². The molecule has 0 bridgehead atoms. The molecule has 0 unspecified atom stereocenters. The lowest BCUT2D eigenvalue weighted by Gasteiger charge is -2.02. The molecule has 1 aromatic heterocycles. The fourth-order valence-electron chi connectivity index (χ4n) is 1.00. The SMILES string of the molecule is CCCn1c(SCC(N)=NO)n[nH]c1=O. The van der Waals surface area contributed by atoms with Gasteiger partial charge in [-0.15, -0.1) is 5.10 Å². The van der Waals surface area contributed by atoms with E-state index >= 15 is 0 Å². The fraction of sp³-hybridized carbons (Fsp3) is 0.571. The molecule has 4 N–H and O–H groups in total. The van der Waals surface area contributed by atoms with E-state index in [4.69, 9.17) is 10.9 Å². The van der Waals surface area contributed by atoms with Gasteiger partial charge >= 0.3 is 5.69 Å². The molecule has 0 saturated heterocycles. The van der Waals surface area contributed by atoms with Crippen molar-refractivity contribution >= 4 is 17.6 Å². The van der Waals surface area contributed by atoms with Crippen LogP contribution in [0, 0.1) is 0 Å². The zero-order chi connectivity index (χ0) is 11.3. The number of rotatable bonds is 5. The number of H-pyrrole nitrogens is 1. The molecule has 0 aromatic carbocycles. The van der Waals surface area contributed by atoms with Gasteiger partial charge in [-0.05, 0) is 6.42 Å². The molecule has 0 aliphatic rings. The first kappa shape index (κ1) is 11.6. The molecule has 1 rings (SSSR count). The molecule has 7 nitrogen and oxygen atoms in total. The summed E-state index contributed by atoms with van der Waals surface area (Å²) >= 11 is 1.25. The van der Waals surface area contributed by atoms with E-state index in [2.05, 4.69) is 15.4 Å². The minimum Gasteiger partial charge on any atom is -0.409 e. The Morgan fingerprint density at radius 3 is 3.13 bits per heavy atom. The largest absolute Gasteiger partial charge is 0.409 e. The maximum Gasteiger partial charge on any atom is 0.343 e. The second kappa shape index (κ2) is 5.44. The predicted molar refractivity (Wildman–Crippen MR) is 57.3 cm³/mol. The second-order valence-electron chi connectivity index (χ2n) is 2.84. The van der Waals surface area contributed by atoms with Gasteiger partial charge in [-0.25, -0.2) is 9.89 Å². The third kappa shape index (κ3) is 3.01. The van der Waals surface area contributed by atoms with Crippen LogP contribution in [0.1, 0.15) is 13.3 Å². The Hall–Kier alpha value is -1.44. The van der Waals surface area contributed by atoms with E-state index in [1.54, 1.807) is 0 Å². The first-order chi connectivity index (χ1) is 7.19. The lowest BCUT2D eigenvalue weighted by Crippen LogP contribution is -2.18. The third-order valence-corrected chi connectivity index (χ3v) is 2.66. The lowest BCUT2D eigenvalue weighted by atomic mass is 10.5. The Balaban J connectivity index is 2.72. The van der Waals surface area contributed by atoms with Gasteiger partial charge in [0.1, 0.15) is 5.84 Å². The van der Waals surface area contributed by atoms with Crippen molar-refractivity contribution < 1.29 is 5.21 Å². The first-order valence-electron chi connectivity index (χ1n) is 4.43. The Bertz CT molecular complexity index is 396. The summed E-state index contributed by atoms with van der Waals surface area (Å²) in [5, 5.41) is 17.9. The maximum atomic E-state index is 11.3. The standard InChI is InChI=1S/C7H13N5O2S/c1-2-3-12-6(13)9-10-7(12)15-4-5(8)11-14/h14H,2-4H2,1H3,(H2,8,11)(H,9,13). The summed E-state index contributed by atoms with van der Waals surface area (Å²) in [7, 11) is 0. The minimum atomic E-state index is -0.237. The number of hydrogen-bond donors (Lipinski definition) is 3. The van der Waals surface area contributed by atoms with Gasteiger partial charge < -0.3 is 10.9 Å².